The highest BCUT2D eigenvalue weighted by molar-refractivity contribution is 5.91. The van der Waals surface area contributed by atoms with Crippen molar-refractivity contribution in [3.8, 4) is 5.75 Å². The number of carbonyl (C=O) groups is 1. The van der Waals surface area contributed by atoms with Crippen LogP contribution in [0.15, 0.2) is 18.2 Å². The number of urea groups is 1. The van der Waals surface area contributed by atoms with E-state index in [0.29, 0.717) is 5.75 Å². The number of methoxy groups -OCH3 is 1. The van der Waals surface area contributed by atoms with Crippen molar-refractivity contribution in [2.24, 2.45) is 5.92 Å². The average molecular weight is 360 g/mol. The number of ether oxygens (including phenoxy) is 1. The fraction of sp³-hybridized carbons (Fsp3) is 0.667. The Bertz CT molecular complexity index is 589. The van der Waals surface area contributed by atoms with Gasteiger partial charge in [-0.25, -0.2) is 4.79 Å². The van der Waals surface area contributed by atoms with Crippen LogP contribution in [0.4, 0.5) is 10.5 Å². The topological polar surface area (TPSA) is 44.8 Å². The molecule has 5 heteroatoms. The van der Waals surface area contributed by atoms with Crippen LogP contribution in [0.5, 0.6) is 5.75 Å². The number of anilines is 1. The van der Waals surface area contributed by atoms with Crippen molar-refractivity contribution in [2.45, 2.75) is 45.4 Å². The lowest BCUT2D eigenvalue weighted by Crippen LogP contribution is -2.43. The molecule has 1 aromatic rings. The Balaban J connectivity index is 1.48. The van der Waals surface area contributed by atoms with E-state index in [1.54, 1.807) is 7.11 Å². The first kappa shape index (κ1) is 19.0. The molecule has 1 N–H and O–H groups in total. The zero-order valence-corrected chi connectivity index (χ0v) is 16.3. The third-order valence-corrected chi connectivity index (χ3v) is 5.71. The Morgan fingerprint density at radius 3 is 2.46 bits per heavy atom. The predicted molar refractivity (Wildman–Crippen MR) is 106 cm³/mol. The maximum atomic E-state index is 12.6. The van der Waals surface area contributed by atoms with Gasteiger partial charge in [0.05, 0.1) is 12.8 Å². The number of carbonyl (C=O) groups excluding carboxylic acids is 1. The fourth-order valence-electron chi connectivity index (χ4n) is 4.12. The molecule has 0 aromatic heterocycles. The van der Waals surface area contributed by atoms with E-state index < -0.39 is 0 Å². The fourth-order valence-corrected chi connectivity index (χ4v) is 4.12. The van der Waals surface area contributed by atoms with Crippen molar-refractivity contribution in [1.29, 1.82) is 0 Å². The molecule has 0 aliphatic carbocycles. The minimum atomic E-state index is -0.0119. The van der Waals surface area contributed by atoms with E-state index in [1.165, 1.54) is 45.3 Å². The Morgan fingerprint density at radius 1 is 1.12 bits per heavy atom. The van der Waals surface area contributed by atoms with Gasteiger partial charge in [-0.1, -0.05) is 18.9 Å². The van der Waals surface area contributed by atoms with Crippen molar-refractivity contribution in [3.05, 3.63) is 23.8 Å². The second kappa shape index (κ2) is 9.26. The molecule has 2 fully saturated rings. The zero-order valence-electron chi connectivity index (χ0n) is 16.3. The van der Waals surface area contributed by atoms with Crippen LogP contribution in [0.25, 0.3) is 0 Å². The molecule has 3 rings (SSSR count). The van der Waals surface area contributed by atoms with Gasteiger partial charge in [0.1, 0.15) is 5.75 Å². The summed E-state index contributed by atoms with van der Waals surface area (Å²) in [6, 6.07) is 5.84. The van der Waals surface area contributed by atoms with Gasteiger partial charge < -0.3 is 19.9 Å². The summed E-state index contributed by atoms with van der Waals surface area (Å²) in [6.07, 6.45) is 7.68. The van der Waals surface area contributed by atoms with E-state index in [4.69, 9.17) is 4.74 Å². The highest BCUT2D eigenvalue weighted by atomic mass is 16.5. The van der Waals surface area contributed by atoms with Crippen LogP contribution >= 0.6 is 0 Å². The highest BCUT2D eigenvalue weighted by Gasteiger charge is 2.25. The van der Waals surface area contributed by atoms with Crippen LogP contribution in [0.1, 0.15) is 44.1 Å². The summed E-state index contributed by atoms with van der Waals surface area (Å²) in [7, 11) is 1.63. The third kappa shape index (κ3) is 5.13. The highest BCUT2D eigenvalue weighted by Crippen LogP contribution is 2.26. The van der Waals surface area contributed by atoms with Gasteiger partial charge in [0.2, 0.25) is 0 Å². The monoisotopic (exact) mass is 359 g/mol. The second-order valence-corrected chi connectivity index (χ2v) is 7.78. The van der Waals surface area contributed by atoms with Crippen molar-refractivity contribution < 1.29 is 9.53 Å². The van der Waals surface area contributed by atoms with Crippen LogP contribution in [0, 0.1) is 12.8 Å². The number of benzene rings is 1. The third-order valence-electron chi connectivity index (χ3n) is 5.71. The average Bonchev–Trinajstić information content (AvgIpc) is 2.91. The molecule has 0 radical (unpaired) electrons. The number of rotatable bonds is 4. The number of hydrogen-bond donors (Lipinski definition) is 1. The van der Waals surface area contributed by atoms with Crippen molar-refractivity contribution in [2.75, 3.05) is 45.2 Å². The predicted octanol–water partition coefficient (Wildman–Crippen LogP) is 4.12. The molecular weight excluding hydrogens is 326 g/mol. The van der Waals surface area contributed by atoms with E-state index in [-0.39, 0.29) is 6.03 Å². The summed E-state index contributed by atoms with van der Waals surface area (Å²) in [4.78, 5) is 17.2. The molecule has 26 heavy (non-hydrogen) atoms. The number of amides is 2. The van der Waals surface area contributed by atoms with Crippen molar-refractivity contribution >= 4 is 11.7 Å². The van der Waals surface area contributed by atoms with Crippen LogP contribution in [0.3, 0.4) is 0 Å². The van der Waals surface area contributed by atoms with Crippen LogP contribution in [-0.4, -0.2) is 55.7 Å². The Hall–Kier alpha value is -1.75. The number of nitrogens with one attached hydrogen (secondary N) is 1. The van der Waals surface area contributed by atoms with E-state index >= 15 is 0 Å². The van der Waals surface area contributed by atoms with Crippen LogP contribution in [-0.2, 0) is 0 Å². The van der Waals surface area contributed by atoms with E-state index in [1.807, 2.05) is 30.0 Å². The van der Waals surface area contributed by atoms with Gasteiger partial charge in [-0.05, 0) is 69.3 Å². The number of aryl methyl sites for hydroxylation is 1. The lowest BCUT2D eigenvalue weighted by molar-refractivity contribution is 0.155. The number of piperidine rings is 1. The lowest BCUT2D eigenvalue weighted by Gasteiger charge is -2.34. The molecule has 2 heterocycles. The quantitative estimate of drug-likeness (QED) is 0.879. The number of hydrogen-bond acceptors (Lipinski definition) is 3. The lowest BCUT2D eigenvalue weighted by atomic mass is 9.96. The van der Waals surface area contributed by atoms with Gasteiger partial charge in [0.25, 0.3) is 0 Å². The molecule has 2 aliphatic rings. The SMILES string of the molecule is COc1ccc(C)cc1NC(=O)N1CCC(CN2CCCCCC2)CC1. The van der Waals surface area contributed by atoms with Gasteiger partial charge >= 0.3 is 6.03 Å². The summed E-state index contributed by atoms with van der Waals surface area (Å²) < 4.78 is 5.36. The first-order chi connectivity index (χ1) is 12.7. The maximum Gasteiger partial charge on any atom is 0.321 e. The summed E-state index contributed by atoms with van der Waals surface area (Å²) >= 11 is 0. The largest absolute Gasteiger partial charge is 0.495 e. The maximum absolute atomic E-state index is 12.6. The minimum Gasteiger partial charge on any atom is -0.495 e. The standard InChI is InChI=1S/C21H33N3O2/c1-17-7-8-20(26-2)19(15-17)22-21(25)24-13-9-18(10-14-24)16-23-11-5-3-4-6-12-23/h7-8,15,18H,3-6,9-14,16H2,1-2H3,(H,22,25). The molecule has 2 aliphatic heterocycles. The Kier molecular flexibility index (Phi) is 6.78. The molecule has 0 unspecified atom stereocenters. The Morgan fingerprint density at radius 2 is 1.81 bits per heavy atom. The van der Waals surface area contributed by atoms with Gasteiger partial charge in [-0.2, -0.15) is 0 Å². The normalized spacial score (nSPS) is 19.8. The summed E-state index contributed by atoms with van der Waals surface area (Å²) in [5.41, 5.74) is 1.86. The minimum absolute atomic E-state index is 0.0119. The summed E-state index contributed by atoms with van der Waals surface area (Å²) in [5, 5.41) is 3.03. The molecule has 0 saturated carbocycles. The first-order valence-corrected chi connectivity index (χ1v) is 10.1. The molecule has 5 nitrogen and oxygen atoms in total. The van der Waals surface area contributed by atoms with Gasteiger partial charge in [0.15, 0.2) is 0 Å². The van der Waals surface area contributed by atoms with Gasteiger partial charge in [0, 0.05) is 19.6 Å². The van der Waals surface area contributed by atoms with Crippen molar-refractivity contribution in [1.82, 2.24) is 9.80 Å². The van der Waals surface area contributed by atoms with Gasteiger partial charge in [-0.15, -0.1) is 0 Å². The first-order valence-electron chi connectivity index (χ1n) is 10.1. The zero-order chi connectivity index (χ0) is 18.4. The number of nitrogens with zero attached hydrogens (tertiary/aromatic N) is 2. The van der Waals surface area contributed by atoms with Crippen LogP contribution in [0.2, 0.25) is 0 Å². The summed E-state index contributed by atoms with van der Waals surface area (Å²) in [6.45, 7) is 7.43. The molecule has 144 valence electrons. The molecule has 2 amide bonds. The molecule has 2 saturated heterocycles. The Labute approximate surface area is 157 Å². The van der Waals surface area contributed by atoms with Crippen LogP contribution < -0.4 is 10.1 Å². The number of likely N-dealkylation sites (tertiary alicyclic amines) is 2. The van der Waals surface area contributed by atoms with E-state index in [9.17, 15) is 4.79 Å². The smallest absolute Gasteiger partial charge is 0.321 e. The molecule has 1 aromatic carbocycles. The molecule has 0 bridgehead atoms. The molecular formula is C21H33N3O2. The molecule has 0 spiro atoms. The van der Waals surface area contributed by atoms with Gasteiger partial charge in [-0.3, -0.25) is 0 Å². The second-order valence-electron chi connectivity index (χ2n) is 7.78. The van der Waals surface area contributed by atoms with E-state index in [0.717, 1.165) is 43.1 Å². The molecule has 0 atom stereocenters. The van der Waals surface area contributed by atoms with Crippen molar-refractivity contribution in [3.63, 3.8) is 0 Å². The van der Waals surface area contributed by atoms with E-state index in [2.05, 4.69) is 10.2 Å². The summed E-state index contributed by atoms with van der Waals surface area (Å²) in [5.74, 6) is 1.44.